The first-order chi connectivity index (χ1) is 13.9. The number of thioether (sulfide) groups is 1. The fourth-order valence-corrected chi connectivity index (χ4v) is 3.17. The lowest BCUT2D eigenvalue weighted by Gasteiger charge is -2.08. The summed E-state index contributed by atoms with van der Waals surface area (Å²) in [7, 11) is 0. The number of carbonyl (C=O) groups is 2. The molecule has 0 fully saturated rings. The zero-order chi connectivity index (χ0) is 20.8. The highest BCUT2D eigenvalue weighted by Gasteiger charge is 2.12. The standard InChI is InChI=1S/C21H22N4O3S/c1-13(2)28-20(27)15-8-10-16(11-9-15)22-18(26)12-29-21-23-19(24-25-21)17-7-5-4-6-14(17)3/h4-11,13H,12H2,1-3H3,(H,22,26)(H,23,24,25). The van der Waals surface area contributed by atoms with Gasteiger partial charge in [0.2, 0.25) is 11.1 Å². The highest BCUT2D eigenvalue weighted by molar-refractivity contribution is 7.99. The van der Waals surface area contributed by atoms with E-state index in [2.05, 4.69) is 20.5 Å². The van der Waals surface area contributed by atoms with Crippen molar-refractivity contribution in [1.29, 1.82) is 0 Å². The number of anilines is 1. The number of amides is 1. The Labute approximate surface area is 173 Å². The van der Waals surface area contributed by atoms with E-state index in [1.165, 1.54) is 11.8 Å². The molecule has 29 heavy (non-hydrogen) atoms. The summed E-state index contributed by atoms with van der Waals surface area (Å²) in [6, 6.07) is 14.5. The summed E-state index contributed by atoms with van der Waals surface area (Å²) in [4.78, 5) is 28.5. The summed E-state index contributed by atoms with van der Waals surface area (Å²) in [5.41, 5.74) is 3.12. The smallest absolute Gasteiger partial charge is 0.338 e. The quantitative estimate of drug-likeness (QED) is 0.450. The van der Waals surface area contributed by atoms with Crippen LogP contribution in [0, 0.1) is 6.92 Å². The fourth-order valence-electron chi connectivity index (χ4n) is 2.57. The van der Waals surface area contributed by atoms with Crippen LogP contribution in [0.15, 0.2) is 53.7 Å². The third-order valence-corrected chi connectivity index (χ3v) is 4.79. The highest BCUT2D eigenvalue weighted by Crippen LogP contribution is 2.22. The summed E-state index contributed by atoms with van der Waals surface area (Å²) in [5, 5.41) is 10.4. The Morgan fingerprint density at radius 3 is 2.55 bits per heavy atom. The molecular weight excluding hydrogens is 388 g/mol. The van der Waals surface area contributed by atoms with Crippen molar-refractivity contribution in [2.75, 3.05) is 11.1 Å². The molecule has 2 aromatic carbocycles. The van der Waals surface area contributed by atoms with Crippen molar-refractivity contribution >= 4 is 29.3 Å². The van der Waals surface area contributed by atoms with E-state index in [-0.39, 0.29) is 23.7 Å². The third-order valence-electron chi connectivity index (χ3n) is 3.94. The predicted octanol–water partition coefficient (Wildman–Crippen LogP) is 4.08. The number of hydrogen-bond acceptors (Lipinski definition) is 6. The zero-order valence-corrected chi connectivity index (χ0v) is 17.2. The van der Waals surface area contributed by atoms with Crippen molar-refractivity contribution in [3.05, 3.63) is 59.7 Å². The van der Waals surface area contributed by atoms with E-state index < -0.39 is 0 Å². The monoisotopic (exact) mass is 410 g/mol. The van der Waals surface area contributed by atoms with Crippen molar-refractivity contribution in [3.8, 4) is 11.4 Å². The number of benzene rings is 2. The lowest BCUT2D eigenvalue weighted by atomic mass is 10.1. The van der Waals surface area contributed by atoms with E-state index >= 15 is 0 Å². The van der Waals surface area contributed by atoms with E-state index in [0.717, 1.165) is 11.1 Å². The Bertz CT molecular complexity index is 999. The van der Waals surface area contributed by atoms with Crippen LogP contribution in [0.5, 0.6) is 0 Å². The van der Waals surface area contributed by atoms with Gasteiger partial charge in [0.15, 0.2) is 5.82 Å². The molecule has 0 aliphatic carbocycles. The SMILES string of the molecule is Cc1ccccc1-c1nc(SCC(=O)Nc2ccc(C(=O)OC(C)C)cc2)n[nH]1. The molecule has 150 valence electrons. The molecule has 0 saturated heterocycles. The Kier molecular flexibility index (Phi) is 6.66. The molecule has 3 aromatic rings. The van der Waals surface area contributed by atoms with E-state index in [9.17, 15) is 9.59 Å². The van der Waals surface area contributed by atoms with Gasteiger partial charge < -0.3 is 10.1 Å². The van der Waals surface area contributed by atoms with Crippen molar-refractivity contribution in [1.82, 2.24) is 15.2 Å². The summed E-state index contributed by atoms with van der Waals surface area (Å²) >= 11 is 1.24. The Balaban J connectivity index is 1.53. The van der Waals surface area contributed by atoms with Crippen LogP contribution in [-0.4, -0.2) is 38.9 Å². The number of aryl methyl sites for hydroxylation is 1. The van der Waals surface area contributed by atoms with Gasteiger partial charge in [0.1, 0.15) is 0 Å². The molecule has 1 heterocycles. The molecule has 1 amide bonds. The number of nitrogens with zero attached hydrogens (tertiary/aromatic N) is 2. The van der Waals surface area contributed by atoms with Gasteiger partial charge in [0, 0.05) is 11.3 Å². The molecule has 0 radical (unpaired) electrons. The van der Waals surface area contributed by atoms with Crippen molar-refractivity contribution in [2.24, 2.45) is 0 Å². The number of aromatic nitrogens is 3. The van der Waals surface area contributed by atoms with E-state index in [1.807, 2.05) is 31.2 Å². The van der Waals surface area contributed by atoms with Crippen molar-refractivity contribution in [2.45, 2.75) is 32.0 Å². The lowest BCUT2D eigenvalue weighted by Crippen LogP contribution is -2.15. The van der Waals surface area contributed by atoms with Crippen LogP contribution in [0.4, 0.5) is 5.69 Å². The van der Waals surface area contributed by atoms with Gasteiger partial charge in [-0.1, -0.05) is 36.0 Å². The number of ether oxygens (including phenoxy) is 1. The Morgan fingerprint density at radius 2 is 1.86 bits per heavy atom. The Morgan fingerprint density at radius 1 is 1.14 bits per heavy atom. The number of aromatic amines is 1. The summed E-state index contributed by atoms with van der Waals surface area (Å²) < 4.78 is 5.14. The summed E-state index contributed by atoms with van der Waals surface area (Å²) in [6.45, 7) is 5.59. The van der Waals surface area contributed by atoms with Gasteiger partial charge in [0.25, 0.3) is 0 Å². The van der Waals surface area contributed by atoms with Gasteiger partial charge in [-0.2, -0.15) is 0 Å². The molecule has 0 saturated carbocycles. The second kappa shape index (κ2) is 9.38. The van der Waals surface area contributed by atoms with Crippen LogP contribution in [0.3, 0.4) is 0 Å². The van der Waals surface area contributed by atoms with Crippen LogP contribution in [0.1, 0.15) is 29.8 Å². The normalized spacial score (nSPS) is 10.8. The number of H-pyrrole nitrogens is 1. The van der Waals surface area contributed by atoms with Crippen molar-refractivity contribution in [3.63, 3.8) is 0 Å². The first kappa shape index (κ1) is 20.6. The molecule has 1 aromatic heterocycles. The zero-order valence-electron chi connectivity index (χ0n) is 16.4. The van der Waals surface area contributed by atoms with Gasteiger partial charge in [-0.25, -0.2) is 9.78 Å². The predicted molar refractivity (Wildman–Crippen MR) is 113 cm³/mol. The van der Waals surface area contributed by atoms with E-state index in [1.54, 1.807) is 38.1 Å². The minimum absolute atomic E-state index is 0.169. The maximum Gasteiger partial charge on any atom is 0.338 e. The van der Waals surface area contributed by atoms with E-state index in [0.29, 0.717) is 22.2 Å². The number of rotatable bonds is 7. The number of hydrogen-bond donors (Lipinski definition) is 2. The number of carbonyl (C=O) groups excluding carboxylic acids is 2. The molecule has 0 atom stereocenters. The van der Waals surface area contributed by atoms with E-state index in [4.69, 9.17) is 4.74 Å². The molecule has 0 unspecified atom stereocenters. The van der Waals surface area contributed by atoms with Gasteiger partial charge in [-0.3, -0.25) is 9.89 Å². The average Bonchev–Trinajstić information content (AvgIpc) is 3.15. The average molecular weight is 410 g/mol. The summed E-state index contributed by atoms with van der Waals surface area (Å²) in [5.74, 6) is 0.273. The molecule has 2 N–H and O–H groups in total. The van der Waals surface area contributed by atoms with Crippen LogP contribution >= 0.6 is 11.8 Å². The maximum atomic E-state index is 12.2. The van der Waals surface area contributed by atoms with Gasteiger partial charge >= 0.3 is 5.97 Å². The Hall–Kier alpha value is -3.13. The second-order valence-electron chi connectivity index (χ2n) is 6.65. The van der Waals surface area contributed by atoms with Crippen LogP contribution < -0.4 is 5.32 Å². The van der Waals surface area contributed by atoms with Gasteiger partial charge in [0.05, 0.1) is 17.4 Å². The molecule has 7 nitrogen and oxygen atoms in total. The molecular formula is C21H22N4O3S. The number of nitrogens with one attached hydrogen (secondary N) is 2. The third kappa shape index (κ3) is 5.68. The molecule has 8 heteroatoms. The van der Waals surface area contributed by atoms with Crippen LogP contribution in [0.25, 0.3) is 11.4 Å². The lowest BCUT2D eigenvalue weighted by molar-refractivity contribution is -0.113. The molecule has 0 spiro atoms. The van der Waals surface area contributed by atoms with Crippen LogP contribution in [0.2, 0.25) is 0 Å². The molecule has 0 aliphatic rings. The molecule has 0 aliphatic heterocycles. The van der Waals surface area contributed by atoms with Gasteiger partial charge in [-0.15, -0.1) is 5.10 Å². The molecule has 3 rings (SSSR count). The topological polar surface area (TPSA) is 97.0 Å². The first-order valence-corrected chi connectivity index (χ1v) is 10.1. The van der Waals surface area contributed by atoms with Crippen molar-refractivity contribution < 1.29 is 14.3 Å². The maximum absolute atomic E-state index is 12.2. The second-order valence-corrected chi connectivity index (χ2v) is 7.59. The summed E-state index contributed by atoms with van der Waals surface area (Å²) in [6.07, 6.45) is -0.180. The largest absolute Gasteiger partial charge is 0.459 e. The minimum Gasteiger partial charge on any atom is -0.459 e. The first-order valence-electron chi connectivity index (χ1n) is 9.14. The fraction of sp³-hybridized carbons (Fsp3) is 0.238. The minimum atomic E-state index is -0.387. The molecule has 0 bridgehead atoms. The number of esters is 1. The van der Waals surface area contributed by atoms with Crippen LogP contribution in [-0.2, 0) is 9.53 Å². The highest BCUT2D eigenvalue weighted by atomic mass is 32.2. The van der Waals surface area contributed by atoms with Gasteiger partial charge in [-0.05, 0) is 50.6 Å².